The van der Waals surface area contributed by atoms with Gasteiger partial charge in [-0.25, -0.2) is 4.79 Å². The van der Waals surface area contributed by atoms with E-state index in [0.717, 1.165) is 67.0 Å². The number of amides is 1. The molecule has 1 aliphatic carbocycles. The van der Waals surface area contributed by atoms with Gasteiger partial charge in [0.2, 0.25) is 5.91 Å². The van der Waals surface area contributed by atoms with Crippen LogP contribution in [-0.4, -0.2) is 96.6 Å². The van der Waals surface area contributed by atoms with Crippen LogP contribution < -0.4 is 17.0 Å². The fourth-order valence-corrected chi connectivity index (χ4v) is 10.8. The molecule has 4 fully saturated rings. The van der Waals surface area contributed by atoms with E-state index in [0.29, 0.717) is 22.3 Å². The first-order valence-electron chi connectivity index (χ1n) is 19.5. The van der Waals surface area contributed by atoms with E-state index in [9.17, 15) is 24.5 Å². The summed E-state index contributed by atoms with van der Waals surface area (Å²) in [4.78, 5) is 57.1. The maximum absolute atomic E-state index is 14.2. The zero-order valence-electron chi connectivity index (χ0n) is 33.3. The number of esters is 1. The largest absolute Gasteiger partial charge is 1.00 e. The number of piperazine rings is 3. The molecule has 0 aromatic heterocycles. The highest BCUT2D eigenvalue weighted by Crippen LogP contribution is 2.53. The molecule has 0 N–H and O–H groups in total. The lowest BCUT2D eigenvalue weighted by atomic mass is 9.76. The van der Waals surface area contributed by atoms with Gasteiger partial charge in [0, 0.05) is 54.4 Å². The van der Waals surface area contributed by atoms with Gasteiger partial charge in [0.1, 0.15) is 18.8 Å². The first-order chi connectivity index (χ1) is 26.0. The van der Waals surface area contributed by atoms with Gasteiger partial charge < -0.3 is 35.5 Å². The average molecular weight is 844 g/mol. The molecule has 296 valence electrons. The number of hydrogen-bond acceptors (Lipinski definition) is 8. The van der Waals surface area contributed by atoms with Crippen molar-refractivity contribution in [1.82, 2.24) is 9.80 Å². The van der Waals surface area contributed by atoms with Crippen molar-refractivity contribution in [3.8, 4) is 11.1 Å². The van der Waals surface area contributed by atoms with Gasteiger partial charge in [-0.2, -0.15) is 0 Å². The summed E-state index contributed by atoms with van der Waals surface area (Å²) in [5.74, 6) is -1.47. The number of quaternary nitrogens is 1. The van der Waals surface area contributed by atoms with Crippen molar-refractivity contribution in [2.75, 3.05) is 39.3 Å². The Morgan fingerprint density at radius 1 is 0.929 bits per heavy atom. The second-order valence-corrected chi connectivity index (χ2v) is 22.6. The average Bonchev–Trinajstić information content (AvgIpc) is 3.57. The van der Waals surface area contributed by atoms with E-state index >= 15 is 0 Å². The lowest BCUT2D eigenvalue weighted by Crippen LogP contribution is -3.00. The van der Waals surface area contributed by atoms with Crippen molar-refractivity contribution in [3.63, 3.8) is 0 Å². The first-order valence-corrected chi connectivity index (χ1v) is 22.4. The number of fused-ring (bicyclic) bond motifs is 7. The number of benzene rings is 3. The number of nitro groups is 1. The molecule has 5 aliphatic heterocycles. The molecule has 3 aromatic rings. The number of nitro benzene ring substituents is 1. The maximum Gasteiger partial charge on any atom is 0.355 e. The molecule has 13 heteroatoms. The molecule has 0 radical (unpaired) electrons. The van der Waals surface area contributed by atoms with Crippen LogP contribution in [0.1, 0.15) is 67.2 Å². The summed E-state index contributed by atoms with van der Waals surface area (Å²) in [7, 11) is -2.22. The highest BCUT2D eigenvalue weighted by atomic mass is 79.9. The third-order valence-electron chi connectivity index (χ3n) is 13.5. The van der Waals surface area contributed by atoms with E-state index in [4.69, 9.17) is 9.16 Å². The molecule has 4 atom stereocenters. The molecule has 5 heterocycles. The molecule has 0 unspecified atom stereocenters. The second-order valence-electron chi connectivity index (χ2n) is 17.8. The normalized spacial score (nSPS) is 25.6. The van der Waals surface area contributed by atoms with Crippen LogP contribution in [0.3, 0.4) is 0 Å². The number of nitrogens with zero attached hydrogens (tertiary/aromatic N) is 4. The third-order valence-corrected chi connectivity index (χ3v) is 18.1. The van der Waals surface area contributed by atoms with Crippen molar-refractivity contribution < 1.29 is 49.9 Å². The second kappa shape index (κ2) is 14.4. The summed E-state index contributed by atoms with van der Waals surface area (Å²) in [5, 5.41) is 11.1. The van der Waals surface area contributed by atoms with Gasteiger partial charge in [0.05, 0.1) is 42.6 Å². The van der Waals surface area contributed by atoms with Gasteiger partial charge in [-0.3, -0.25) is 24.6 Å². The summed E-state index contributed by atoms with van der Waals surface area (Å²) in [6, 6.07) is 17.6. The summed E-state index contributed by atoms with van der Waals surface area (Å²) in [6.07, 6.45) is -0.355. The maximum atomic E-state index is 14.2. The molecular weight excluding hydrogens is 792 g/mol. The van der Waals surface area contributed by atoms with Crippen molar-refractivity contribution in [3.05, 3.63) is 104 Å². The van der Waals surface area contributed by atoms with Crippen LogP contribution >= 0.6 is 0 Å². The monoisotopic (exact) mass is 842 g/mol. The van der Waals surface area contributed by atoms with Crippen LogP contribution in [0.4, 0.5) is 5.69 Å². The molecule has 2 bridgehead atoms. The van der Waals surface area contributed by atoms with Gasteiger partial charge in [-0.1, -0.05) is 45.9 Å². The Labute approximate surface area is 340 Å². The number of rotatable bonds is 10. The van der Waals surface area contributed by atoms with E-state index in [2.05, 4.69) is 57.0 Å². The van der Waals surface area contributed by atoms with Gasteiger partial charge in [0.15, 0.2) is 14.1 Å². The van der Waals surface area contributed by atoms with Gasteiger partial charge >= 0.3 is 5.97 Å². The summed E-state index contributed by atoms with van der Waals surface area (Å²) >= 11 is 0. The van der Waals surface area contributed by atoms with Crippen molar-refractivity contribution in [1.29, 1.82) is 0 Å². The van der Waals surface area contributed by atoms with Crippen LogP contribution in [0.15, 0.2) is 66.4 Å². The Morgan fingerprint density at radius 3 is 2.18 bits per heavy atom. The van der Waals surface area contributed by atoms with Crippen LogP contribution in [0.5, 0.6) is 0 Å². The van der Waals surface area contributed by atoms with Crippen molar-refractivity contribution in [2.24, 2.45) is 11.8 Å². The number of carbonyl (C=O) groups is 3. The van der Waals surface area contributed by atoms with E-state index in [1.54, 1.807) is 17.0 Å². The third kappa shape index (κ3) is 6.68. The quantitative estimate of drug-likeness (QED) is 0.0592. The standard InChI is InChI=1S/C43H51N4O7Si.BrH/c1-26-36(30-11-15-33-34(23-30)32-14-10-29(22-35(32)40(33)48)24-47-19-16-44(17-20-47)18-21-47)39(42(50)53-25-28-8-12-31(13-9-28)46(51)52)45-38(26)37(41(45)49)27(2)54-55(6,7)43(3,4)5;/h8-15,22-23,26-27,37-38H,16-21,24-25H2,1-7H3;1H/q+1;/p-1/t26-,27+,37+,38+;/m0./s1. The lowest BCUT2D eigenvalue weighted by Gasteiger charge is -2.50. The SMILES string of the molecule is C[C@@H](O[Si](C)(C)C(C)(C)C)[C@H]1C(=O)N2C(C(=O)OCc3ccc([N+](=O)[O-])cc3)=C(c3ccc4c(c3)-c3ccc(C[N+]56CCN(CC5)CC6)cc3C4=O)[C@H](C)[C@H]12.[Br-]. The van der Waals surface area contributed by atoms with Crippen LogP contribution in [0.25, 0.3) is 16.7 Å². The minimum atomic E-state index is -2.22. The van der Waals surface area contributed by atoms with Crippen LogP contribution in [0.2, 0.25) is 18.1 Å². The Balaban J connectivity index is 0.00000480. The van der Waals surface area contributed by atoms with Gasteiger partial charge in [0.25, 0.3) is 5.69 Å². The van der Waals surface area contributed by atoms with Crippen molar-refractivity contribution >= 4 is 37.2 Å². The number of non-ortho nitro benzene ring substituents is 1. The molecule has 56 heavy (non-hydrogen) atoms. The van der Waals surface area contributed by atoms with E-state index in [1.165, 1.54) is 17.7 Å². The molecule has 4 saturated heterocycles. The zero-order chi connectivity index (χ0) is 39.2. The van der Waals surface area contributed by atoms with Gasteiger partial charge in [-0.05, 0) is 83.2 Å². The molecule has 6 aliphatic rings. The van der Waals surface area contributed by atoms with E-state index < -0.39 is 25.1 Å². The number of hydrogen-bond donors (Lipinski definition) is 0. The lowest BCUT2D eigenvalue weighted by molar-refractivity contribution is -0.953. The summed E-state index contributed by atoms with van der Waals surface area (Å²) in [6.45, 7) is 22.5. The Morgan fingerprint density at radius 2 is 1.55 bits per heavy atom. The molecule has 0 spiro atoms. The molecule has 9 rings (SSSR count). The number of halogens is 1. The highest BCUT2D eigenvalue weighted by Gasteiger charge is 2.61. The van der Waals surface area contributed by atoms with E-state index in [-0.39, 0.29) is 69.8 Å². The molecule has 0 saturated carbocycles. The smallest absolute Gasteiger partial charge is 0.355 e. The summed E-state index contributed by atoms with van der Waals surface area (Å²) in [5.41, 5.74) is 6.45. The topological polar surface area (TPSA) is 119 Å². The minimum Gasteiger partial charge on any atom is -1.00 e. The Bertz CT molecular complexity index is 2140. The molecular formula is C43H51BrN4O7Si. The van der Waals surface area contributed by atoms with Gasteiger partial charge in [-0.15, -0.1) is 0 Å². The minimum absolute atomic E-state index is 0. The number of β-lactam (4-membered cyclic amide) rings is 1. The Hall–Kier alpha value is -4.01. The Kier molecular flexibility index (Phi) is 10.4. The fourth-order valence-electron chi connectivity index (χ4n) is 9.32. The van der Waals surface area contributed by atoms with Crippen LogP contribution in [0, 0.1) is 22.0 Å². The fraction of sp³-hybridized carbons (Fsp3) is 0.465. The summed E-state index contributed by atoms with van der Waals surface area (Å²) < 4.78 is 13.7. The van der Waals surface area contributed by atoms with Crippen LogP contribution in [-0.2, 0) is 31.9 Å². The number of ether oxygens (including phenoxy) is 1. The highest BCUT2D eigenvalue weighted by molar-refractivity contribution is 6.74. The van der Waals surface area contributed by atoms with E-state index in [1.807, 2.05) is 32.0 Å². The molecule has 1 amide bonds. The van der Waals surface area contributed by atoms with Crippen molar-refractivity contribution in [2.45, 2.75) is 78.0 Å². The molecule has 3 aromatic carbocycles. The number of carbonyl (C=O) groups excluding carboxylic acids is 3. The predicted molar refractivity (Wildman–Crippen MR) is 211 cm³/mol. The predicted octanol–water partition coefficient (Wildman–Crippen LogP) is 3.80. The number of ketones is 1. The molecule has 11 nitrogen and oxygen atoms in total. The zero-order valence-corrected chi connectivity index (χ0v) is 35.9. The first kappa shape index (κ1) is 40.2.